The second kappa shape index (κ2) is 10.6. The number of aliphatic hydroxyl groups is 1. The second-order valence-corrected chi connectivity index (χ2v) is 5.45. The maximum absolute atomic E-state index is 12.7. The molecular weight excluding hydrogens is 300 g/mol. The first-order chi connectivity index (χ1) is 10.1. The van der Waals surface area contributed by atoms with Crippen LogP contribution in [0, 0.1) is 0 Å². The Morgan fingerprint density at radius 1 is 1.18 bits per heavy atom. The predicted octanol–water partition coefficient (Wildman–Crippen LogP) is -0.546. The number of rotatable bonds is 9. The van der Waals surface area contributed by atoms with Gasteiger partial charge in [0.25, 0.3) is 5.91 Å². The molecule has 0 fully saturated rings. The maximum Gasteiger partial charge on any atom is 0.272 e. The minimum absolute atomic E-state index is 0. The molecule has 126 valence electrons. The molecule has 0 bridgehead atoms. The number of nitrogens with one attached hydrogen (secondary N) is 1. The van der Waals surface area contributed by atoms with Crippen LogP contribution in [0.4, 0.5) is 0 Å². The van der Waals surface area contributed by atoms with E-state index >= 15 is 0 Å². The molecule has 0 aliphatic carbocycles. The topological polar surface area (TPSA) is 49.3 Å². The van der Waals surface area contributed by atoms with Crippen molar-refractivity contribution >= 4 is 5.91 Å². The van der Waals surface area contributed by atoms with Gasteiger partial charge in [0, 0.05) is 0 Å². The van der Waals surface area contributed by atoms with Gasteiger partial charge in [-0.1, -0.05) is 43.7 Å². The molecule has 0 radical (unpaired) electrons. The molecule has 1 atom stereocenters. The van der Waals surface area contributed by atoms with E-state index in [4.69, 9.17) is 0 Å². The molecule has 0 spiro atoms. The summed E-state index contributed by atoms with van der Waals surface area (Å²) in [5.41, 5.74) is 4.21. The standard InChI is InChI=1S/C17H28N2O2.ClH/c1-4-10-16(15-11-8-7-9-12-15)17(21)18-19(5-2,6-3)13-14-20;/h7-9,11-12,16,20H,4-6,10,13-14H2,1-3H3;1H. The molecule has 22 heavy (non-hydrogen) atoms. The summed E-state index contributed by atoms with van der Waals surface area (Å²) in [5.74, 6) is -0.0642. The zero-order valence-corrected chi connectivity index (χ0v) is 14.6. The summed E-state index contributed by atoms with van der Waals surface area (Å²) >= 11 is 0. The molecule has 1 aromatic rings. The lowest BCUT2D eigenvalue weighted by Crippen LogP contribution is -3.00. The number of likely N-dealkylation sites (N-methyl/N-ethyl adjacent to an activating group) is 1. The van der Waals surface area contributed by atoms with Gasteiger partial charge in [0.15, 0.2) is 0 Å². The highest BCUT2D eigenvalue weighted by atomic mass is 35.5. The van der Waals surface area contributed by atoms with Gasteiger partial charge in [0.1, 0.15) is 6.54 Å². The second-order valence-electron chi connectivity index (χ2n) is 5.45. The third-order valence-electron chi connectivity index (χ3n) is 4.18. The van der Waals surface area contributed by atoms with E-state index in [1.54, 1.807) is 0 Å². The summed E-state index contributed by atoms with van der Waals surface area (Å²) in [6.45, 7) is 8.34. The largest absolute Gasteiger partial charge is 1.00 e. The van der Waals surface area contributed by atoms with Crippen LogP contribution in [0.5, 0.6) is 0 Å². The molecule has 4 nitrogen and oxygen atoms in total. The fraction of sp³-hybridized carbons (Fsp3) is 0.588. The molecule has 0 aliphatic rings. The van der Waals surface area contributed by atoms with Gasteiger partial charge in [-0.3, -0.25) is 4.79 Å². The van der Waals surface area contributed by atoms with Crippen LogP contribution >= 0.6 is 0 Å². The van der Waals surface area contributed by atoms with Crippen LogP contribution in [-0.4, -0.2) is 41.8 Å². The Balaban J connectivity index is 0.00000441. The van der Waals surface area contributed by atoms with Gasteiger partial charge in [-0.15, -0.1) is 0 Å². The third-order valence-corrected chi connectivity index (χ3v) is 4.18. The lowest BCUT2D eigenvalue weighted by molar-refractivity contribution is -0.958. The summed E-state index contributed by atoms with van der Waals surface area (Å²) in [7, 11) is 0. The molecule has 1 aromatic carbocycles. The molecule has 2 N–H and O–H groups in total. The lowest BCUT2D eigenvalue weighted by Gasteiger charge is -2.36. The monoisotopic (exact) mass is 328 g/mol. The molecule has 1 amide bonds. The van der Waals surface area contributed by atoms with E-state index in [9.17, 15) is 9.90 Å². The SMILES string of the molecule is CCCC(C(=O)N[N+](CC)(CC)CCO)c1ccccc1.[Cl-]. The van der Waals surface area contributed by atoms with Crippen molar-refractivity contribution < 1.29 is 26.9 Å². The zero-order valence-electron chi connectivity index (χ0n) is 13.9. The van der Waals surface area contributed by atoms with Gasteiger partial charge in [-0.05, 0) is 25.8 Å². The Morgan fingerprint density at radius 3 is 2.23 bits per heavy atom. The van der Waals surface area contributed by atoms with Crippen molar-refractivity contribution in [1.29, 1.82) is 0 Å². The van der Waals surface area contributed by atoms with E-state index in [2.05, 4.69) is 12.3 Å². The Bertz CT molecular complexity index is 422. The number of nitrogens with zero attached hydrogens (tertiary/aromatic N) is 1. The number of amides is 1. The highest BCUT2D eigenvalue weighted by molar-refractivity contribution is 5.82. The van der Waals surface area contributed by atoms with Crippen molar-refractivity contribution in [3.05, 3.63) is 35.9 Å². The Labute approximate surface area is 140 Å². The fourth-order valence-electron chi connectivity index (χ4n) is 2.68. The molecule has 0 saturated heterocycles. The van der Waals surface area contributed by atoms with Crippen LogP contribution in [-0.2, 0) is 4.79 Å². The van der Waals surface area contributed by atoms with Crippen molar-refractivity contribution in [2.75, 3.05) is 26.2 Å². The predicted molar refractivity (Wildman–Crippen MR) is 85.5 cm³/mol. The number of hydrogen-bond donors (Lipinski definition) is 2. The Kier molecular flexibility index (Phi) is 10.1. The van der Waals surface area contributed by atoms with Gasteiger partial charge in [0.2, 0.25) is 0 Å². The van der Waals surface area contributed by atoms with Crippen LogP contribution in [0.25, 0.3) is 0 Å². The van der Waals surface area contributed by atoms with Crippen molar-refractivity contribution in [2.24, 2.45) is 0 Å². The number of carbonyl (C=O) groups excluding carboxylic acids is 1. The van der Waals surface area contributed by atoms with Crippen LogP contribution in [0.2, 0.25) is 0 Å². The maximum atomic E-state index is 12.7. The van der Waals surface area contributed by atoms with Crippen molar-refractivity contribution in [3.8, 4) is 0 Å². The van der Waals surface area contributed by atoms with E-state index < -0.39 is 0 Å². The summed E-state index contributed by atoms with van der Waals surface area (Å²) in [5, 5.41) is 9.27. The molecule has 5 heteroatoms. The fourth-order valence-corrected chi connectivity index (χ4v) is 2.68. The third kappa shape index (κ3) is 5.59. The van der Waals surface area contributed by atoms with Gasteiger partial charge in [-0.2, -0.15) is 0 Å². The van der Waals surface area contributed by atoms with Gasteiger partial charge in [-0.25, -0.2) is 10.0 Å². The lowest BCUT2D eigenvalue weighted by atomic mass is 9.94. The average molecular weight is 329 g/mol. The van der Waals surface area contributed by atoms with Crippen LogP contribution in [0.15, 0.2) is 30.3 Å². The van der Waals surface area contributed by atoms with Crippen LogP contribution in [0.3, 0.4) is 0 Å². The van der Waals surface area contributed by atoms with E-state index in [-0.39, 0.29) is 30.8 Å². The molecule has 1 unspecified atom stereocenters. The Hall–Kier alpha value is -1.10. The van der Waals surface area contributed by atoms with Gasteiger partial charge in [0.05, 0.1) is 25.6 Å². The molecule has 0 saturated carbocycles. The van der Waals surface area contributed by atoms with E-state index in [1.165, 1.54) is 0 Å². The number of benzene rings is 1. The highest BCUT2D eigenvalue weighted by Crippen LogP contribution is 2.22. The number of hydrogen-bond acceptors (Lipinski definition) is 2. The molecule has 0 aliphatic heterocycles. The summed E-state index contributed by atoms with van der Waals surface area (Å²) in [6.07, 6.45) is 1.80. The highest BCUT2D eigenvalue weighted by Gasteiger charge is 2.30. The quantitative estimate of drug-likeness (QED) is 0.472. The molecule has 0 heterocycles. The zero-order chi connectivity index (χ0) is 15.7. The van der Waals surface area contributed by atoms with Crippen LogP contribution < -0.4 is 17.8 Å². The van der Waals surface area contributed by atoms with Crippen molar-refractivity contribution in [3.63, 3.8) is 0 Å². The van der Waals surface area contributed by atoms with Crippen LogP contribution in [0.1, 0.15) is 45.1 Å². The number of aliphatic hydroxyl groups excluding tert-OH is 1. The molecule has 0 aromatic heterocycles. The van der Waals surface area contributed by atoms with Gasteiger partial charge >= 0.3 is 0 Å². The summed E-state index contributed by atoms with van der Waals surface area (Å²) < 4.78 is 0.433. The summed E-state index contributed by atoms with van der Waals surface area (Å²) in [4.78, 5) is 12.7. The van der Waals surface area contributed by atoms with Crippen molar-refractivity contribution in [2.45, 2.75) is 39.5 Å². The van der Waals surface area contributed by atoms with Gasteiger partial charge < -0.3 is 17.5 Å². The van der Waals surface area contributed by atoms with E-state index in [0.717, 1.165) is 31.5 Å². The minimum Gasteiger partial charge on any atom is -1.00 e. The molecule has 1 rings (SSSR count). The van der Waals surface area contributed by atoms with E-state index in [0.29, 0.717) is 11.1 Å². The normalized spacial score (nSPS) is 12.4. The number of quaternary nitrogens is 1. The minimum atomic E-state index is -0.120. The Morgan fingerprint density at radius 2 is 1.77 bits per heavy atom. The average Bonchev–Trinajstić information content (AvgIpc) is 2.52. The van der Waals surface area contributed by atoms with Crippen molar-refractivity contribution in [1.82, 2.24) is 5.43 Å². The first-order valence-electron chi connectivity index (χ1n) is 7.96. The number of halogens is 1. The first-order valence-corrected chi connectivity index (χ1v) is 7.96. The first kappa shape index (κ1) is 20.9. The van der Waals surface area contributed by atoms with E-state index in [1.807, 2.05) is 44.2 Å². The summed E-state index contributed by atoms with van der Waals surface area (Å²) in [6, 6.07) is 9.94. The molecular formula is C17H29ClN2O2. The smallest absolute Gasteiger partial charge is 0.272 e. The number of carbonyl (C=O) groups is 1.